The fourth-order valence-electron chi connectivity index (χ4n) is 4.70. The number of pyridine rings is 3. The number of hydrogen-bond donors (Lipinski definition) is 3. The van der Waals surface area contributed by atoms with Gasteiger partial charge >= 0.3 is 0 Å². The first-order chi connectivity index (χ1) is 18.9. The van der Waals surface area contributed by atoms with Crippen LogP contribution in [0.3, 0.4) is 0 Å². The number of aromatic nitrogens is 4. The Kier molecular flexibility index (Phi) is 8.05. The Balaban J connectivity index is 1.43. The van der Waals surface area contributed by atoms with Crippen molar-refractivity contribution in [2.75, 3.05) is 58.3 Å². The summed E-state index contributed by atoms with van der Waals surface area (Å²) in [5.41, 5.74) is 3.03. The number of ether oxygens (including phenoxy) is 1. The number of β-amino-alcohol motifs (C(OH)–C–C–N with tert-alkyl or cyclic N) is 1. The van der Waals surface area contributed by atoms with Gasteiger partial charge in [-0.25, -0.2) is 18.7 Å². The maximum atomic E-state index is 13.5. The van der Waals surface area contributed by atoms with E-state index in [0.29, 0.717) is 51.7 Å². The van der Waals surface area contributed by atoms with E-state index in [4.69, 9.17) is 9.84 Å². The molecule has 0 aliphatic carbocycles. The van der Waals surface area contributed by atoms with E-state index in [-0.39, 0.29) is 24.8 Å². The molecular weight excluding hydrogens is 508 g/mol. The number of nitrogens with zero attached hydrogens (tertiary/aromatic N) is 5. The number of carbonyl (C=O) groups is 1. The van der Waals surface area contributed by atoms with E-state index in [1.165, 1.54) is 19.2 Å². The van der Waals surface area contributed by atoms with Gasteiger partial charge in [-0.15, -0.1) is 0 Å². The van der Waals surface area contributed by atoms with Gasteiger partial charge in [0.25, 0.3) is 6.43 Å². The third kappa shape index (κ3) is 6.03. The van der Waals surface area contributed by atoms with Crippen LogP contribution in [0, 0.1) is 0 Å². The quantitative estimate of drug-likeness (QED) is 0.298. The van der Waals surface area contributed by atoms with Crippen LogP contribution < -0.4 is 10.1 Å². The molecule has 204 valence electrons. The van der Waals surface area contributed by atoms with E-state index in [1.807, 2.05) is 0 Å². The van der Waals surface area contributed by atoms with Crippen molar-refractivity contribution < 1.29 is 23.4 Å². The largest absolute Gasteiger partial charge is 0.495 e. The Morgan fingerprint density at radius 2 is 1.95 bits per heavy atom. The normalized spacial score (nSPS) is 14.7. The second kappa shape index (κ2) is 11.8. The number of anilines is 1. The Hall–Kier alpha value is -4.00. The van der Waals surface area contributed by atoms with Gasteiger partial charge in [-0.1, -0.05) is 6.07 Å². The molecule has 0 atom stereocenters. The van der Waals surface area contributed by atoms with E-state index < -0.39 is 6.43 Å². The number of hydrogen-bond acceptors (Lipinski definition) is 8. The standard InChI is InChI=1S/C27H29F2N7O3/c1-39-18-14-21-26(31-15-18)24(19-3-2-4-20(32-19)27(28)29)25(33-21)17-5-6-30-22(13-17)34-23(38)16-36-9-7-35(8-10-36)11-12-37/h2-6,13-15,27,33,37H,7-12,16H2,1H3,(H,30,34,38). The van der Waals surface area contributed by atoms with E-state index in [2.05, 4.69) is 35.1 Å². The molecular formula is C27H29F2N7O3. The van der Waals surface area contributed by atoms with Crippen molar-refractivity contribution in [2.45, 2.75) is 6.43 Å². The Morgan fingerprint density at radius 3 is 2.69 bits per heavy atom. The molecule has 0 bridgehead atoms. The number of carbonyl (C=O) groups excluding carboxylic acids is 1. The summed E-state index contributed by atoms with van der Waals surface area (Å²) in [6.07, 6.45) is 0.416. The number of alkyl halides is 2. The lowest BCUT2D eigenvalue weighted by atomic mass is 10.0. The summed E-state index contributed by atoms with van der Waals surface area (Å²) in [5, 5.41) is 12.0. The van der Waals surface area contributed by atoms with Gasteiger partial charge in [0.15, 0.2) is 0 Å². The van der Waals surface area contributed by atoms with Gasteiger partial charge < -0.3 is 20.1 Å². The molecule has 0 radical (unpaired) electrons. The molecule has 1 saturated heterocycles. The maximum absolute atomic E-state index is 13.5. The number of aliphatic hydroxyl groups is 1. The minimum atomic E-state index is -2.72. The average molecular weight is 538 g/mol. The number of H-pyrrole nitrogens is 1. The highest BCUT2D eigenvalue weighted by molar-refractivity contribution is 6.01. The van der Waals surface area contributed by atoms with Crippen LogP contribution in [0.5, 0.6) is 5.75 Å². The number of halogens is 2. The Labute approximate surface area is 223 Å². The van der Waals surface area contributed by atoms with Crippen LogP contribution in [-0.2, 0) is 4.79 Å². The van der Waals surface area contributed by atoms with Crippen molar-refractivity contribution in [1.29, 1.82) is 0 Å². The predicted octanol–water partition coefficient (Wildman–Crippen LogP) is 3.18. The minimum absolute atomic E-state index is 0.123. The van der Waals surface area contributed by atoms with Crippen LogP contribution >= 0.6 is 0 Å². The summed E-state index contributed by atoms with van der Waals surface area (Å²) >= 11 is 0. The monoisotopic (exact) mass is 537 g/mol. The second-order valence-corrected chi connectivity index (χ2v) is 9.21. The topological polar surface area (TPSA) is 120 Å². The SMILES string of the molecule is COc1cnc2c(-c3cccc(C(F)F)n3)c(-c3ccnc(NC(=O)CN4CCN(CCO)CC4)c3)[nH]c2c1. The van der Waals surface area contributed by atoms with E-state index >= 15 is 0 Å². The van der Waals surface area contributed by atoms with Crippen molar-refractivity contribution in [3.05, 3.63) is 54.5 Å². The summed E-state index contributed by atoms with van der Waals surface area (Å²) in [5.74, 6) is 0.710. The summed E-state index contributed by atoms with van der Waals surface area (Å²) in [6, 6.07) is 9.74. The Bertz CT molecular complexity index is 1450. The van der Waals surface area contributed by atoms with Gasteiger partial charge in [-0.2, -0.15) is 0 Å². The zero-order chi connectivity index (χ0) is 27.4. The van der Waals surface area contributed by atoms with Crippen molar-refractivity contribution in [3.63, 3.8) is 0 Å². The molecule has 0 unspecified atom stereocenters. The van der Waals surface area contributed by atoms with Crippen LogP contribution in [0.4, 0.5) is 14.6 Å². The summed E-state index contributed by atoms with van der Waals surface area (Å²) < 4.78 is 32.2. The number of rotatable bonds is 9. The fraction of sp³-hybridized carbons (Fsp3) is 0.333. The molecule has 5 rings (SSSR count). The van der Waals surface area contributed by atoms with Gasteiger partial charge in [-0.05, 0) is 24.3 Å². The van der Waals surface area contributed by atoms with Crippen molar-refractivity contribution in [2.24, 2.45) is 0 Å². The molecule has 0 aromatic carbocycles. The average Bonchev–Trinajstić information content (AvgIpc) is 3.33. The first kappa shape index (κ1) is 26.6. The lowest BCUT2D eigenvalue weighted by molar-refractivity contribution is -0.117. The zero-order valence-electron chi connectivity index (χ0n) is 21.4. The molecule has 0 saturated carbocycles. The number of piperazine rings is 1. The molecule has 4 aromatic heterocycles. The smallest absolute Gasteiger partial charge is 0.280 e. The first-order valence-corrected chi connectivity index (χ1v) is 12.6. The predicted molar refractivity (Wildman–Crippen MR) is 143 cm³/mol. The third-order valence-electron chi connectivity index (χ3n) is 6.66. The van der Waals surface area contributed by atoms with Crippen molar-refractivity contribution in [3.8, 4) is 28.3 Å². The number of aromatic amines is 1. The van der Waals surface area contributed by atoms with Gasteiger partial charge in [-0.3, -0.25) is 19.6 Å². The molecule has 1 aliphatic heterocycles. The van der Waals surface area contributed by atoms with Gasteiger partial charge in [0.2, 0.25) is 5.91 Å². The fourth-order valence-corrected chi connectivity index (χ4v) is 4.70. The lowest BCUT2D eigenvalue weighted by Gasteiger charge is -2.33. The molecule has 4 aromatic rings. The molecule has 12 heteroatoms. The number of aliphatic hydroxyl groups excluding tert-OH is 1. The van der Waals surface area contributed by atoms with E-state index in [9.17, 15) is 13.6 Å². The summed E-state index contributed by atoms with van der Waals surface area (Å²) in [4.78, 5) is 33.3. The molecule has 5 heterocycles. The van der Waals surface area contributed by atoms with Crippen molar-refractivity contribution in [1.82, 2.24) is 29.7 Å². The van der Waals surface area contributed by atoms with Gasteiger partial charge in [0, 0.05) is 50.6 Å². The molecule has 3 N–H and O–H groups in total. The second-order valence-electron chi connectivity index (χ2n) is 9.21. The third-order valence-corrected chi connectivity index (χ3v) is 6.66. The van der Waals surface area contributed by atoms with Crippen molar-refractivity contribution >= 4 is 22.8 Å². The van der Waals surface area contributed by atoms with E-state index in [0.717, 1.165) is 26.2 Å². The number of fused-ring (bicyclic) bond motifs is 1. The first-order valence-electron chi connectivity index (χ1n) is 12.6. The highest BCUT2D eigenvalue weighted by atomic mass is 19.3. The van der Waals surface area contributed by atoms with Gasteiger partial charge in [0.1, 0.15) is 17.3 Å². The highest BCUT2D eigenvalue weighted by Gasteiger charge is 2.21. The summed E-state index contributed by atoms with van der Waals surface area (Å²) in [6.45, 7) is 4.05. The molecule has 1 aliphatic rings. The number of nitrogens with one attached hydrogen (secondary N) is 2. The molecule has 0 spiro atoms. The van der Waals surface area contributed by atoms with E-state index in [1.54, 1.807) is 36.7 Å². The summed E-state index contributed by atoms with van der Waals surface area (Å²) in [7, 11) is 1.54. The molecule has 1 fully saturated rings. The van der Waals surface area contributed by atoms with Crippen LogP contribution in [-0.4, -0.2) is 93.7 Å². The van der Waals surface area contributed by atoms with Gasteiger partial charge in [0.05, 0.1) is 54.4 Å². The van der Waals surface area contributed by atoms with Crippen LogP contribution in [0.25, 0.3) is 33.5 Å². The van der Waals surface area contributed by atoms with Crippen LogP contribution in [0.1, 0.15) is 12.1 Å². The molecule has 39 heavy (non-hydrogen) atoms. The number of methoxy groups -OCH3 is 1. The highest BCUT2D eigenvalue weighted by Crippen LogP contribution is 2.38. The zero-order valence-corrected chi connectivity index (χ0v) is 21.4. The van der Waals surface area contributed by atoms with Crippen LogP contribution in [0.15, 0.2) is 48.8 Å². The Morgan fingerprint density at radius 1 is 1.15 bits per heavy atom. The minimum Gasteiger partial charge on any atom is -0.495 e. The molecule has 1 amide bonds. The molecule has 10 nitrogen and oxygen atoms in total. The van der Waals surface area contributed by atoms with Crippen LogP contribution in [0.2, 0.25) is 0 Å². The maximum Gasteiger partial charge on any atom is 0.280 e. The lowest BCUT2D eigenvalue weighted by Crippen LogP contribution is -2.49. The number of amides is 1.